The van der Waals surface area contributed by atoms with Gasteiger partial charge in [-0.25, -0.2) is 0 Å². The minimum Gasteiger partial charge on any atom is -0.507 e. The number of hydrogen-bond acceptors (Lipinski definition) is 3. The van der Waals surface area contributed by atoms with Crippen LogP contribution in [0, 0.1) is 17.8 Å². The van der Waals surface area contributed by atoms with Crippen LogP contribution in [0.4, 0.5) is 0 Å². The molecule has 3 nitrogen and oxygen atoms in total. The standard InChI is InChI=1S/C24H36O3/c1-7-8-9-10-17-13-19-20(23(26)21(17)16(5)25)15(4)22-18(14(2)3)11-12-24(22,6)27-19/h13-15,18,22,26H,7-12H2,1-6H3/t15-,18?,22+,24-/m1/s1. The lowest BCUT2D eigenvalue weighted by molar-refractivity contribution is -0.000703. The van der Waals surface area contributed by atoms with E-state index < -0.39 is 0 Å². The number of hydrogen-bond donors (Lipinski definition) is 1. The van der Waals surface area contributed by atoms with Crippen LogP contribution in [0.2, 0.25) is 0 Å². The number of phenols is 1. The zero-order chi connectivity index (χ0) is 19.9. The van der Waals surface area contributed by atoms with Crippen molar-refractivity contribution in [1.29, 1.82) is 0 Å². The van der Waals surface area contributed by atoms with Gasteiger partial charge in [0.05, 0.1) is 5.56 Å². The van der Waals surface area contributed by atoms with Crippen molar-refractivity contribution in [3.05, 3.63) is 22.8 Å². The molecule has 0 bridgehead atoms. The van der Waals surface area contributed by atoms with Gasteiger partial charge < -0.3 is 9.84 Å². The highest BCUT2D eigenvalue weighted by atomic mass is 16.5. The van der Waals surface area contributed by atoms with E-state index in [4.69, 9.17) is 4.74 Å². The molecule has 150 valence electrons. The van der Waals surface area contributed by atoms with Gasteiger partial charge in [-0.3, -0.25) is 4.79 Å². The van der Waals surface area contributed by atoms with Crippen LogP contribution >= 0.6 is 0 Å². The number of carbonyl (C=O) groups excluding carboxylic acids is 1. The van der Waals surface area contributed by atoms with Gasteiger partial charge in [0.2, 0.25) is 0 Å². The van der Waals surface area contributed by atoms with Gasteiger partial charge in [0.25, 0.3) is 0 Å². The molecule has 1 fully saturated rings. The second-order valence-corrected chi connectivity index (χ2v) is 9.36. The molecule has 0 radical (unpaired) electrons. The summed E-state index contributed by atoms with van der Waals surface area (Å²) in [5.74, 6) is 2.68. The summed E-state index contributed by atoms with van der Waals surface area (Å²) in [5, 5.41) is 11.1. The van der Waals surface area contributed by atoms with E-state index in [9.17, 15) is 9.90 Å². The molecule has 1 heterocycles. The Morgan fingerprint density at radius 2 is 2.07 bits per heavy atom. The Morgan fingerprint density at radius 3 is 2.67 bits per heavy atom. The lowest BCUT2D eigenvalue weighted by Crippen LogP contribution is -2.45. The van der Waals surface area contributed by atoms with Crippen molar-refractivity contribution < 1.29 is 14.6 Å². The Bertz CT molecular complexity index is 721. The molecule has 3 heteroatoms. The van der Waals surface area contributed by atoms with Crippen molar-refractivity contribution >= 4 is 5.78 Å². The lowest BCUT2D eigenvalue weighted by Gasteiger charge is -2.45. The summed E-state index contributed by atoms with van der Waals surface area (Å²) in [6, 6.07) is 2.06. The third-order valence-corrected chi connectivity index (χ3v) is 7.12. The molecule has 4 atom stereocenters. The summed E-state index contributed by atoms with van der Waals surface area (Å²) in [4.78, 5) is 12.4. The SMILES string of the molecule is CCCCCc1cc2c(c(O)c1C(C)=O)[C@@H](C)[C@H]1C(C(C)C)CC[C@@]1(C)O2. The second kappa shape index (κ2) is 7.48. The van der Waals surface area contributed by atoms with Crippen LogP contribution in [0.3, 0.4) is 0 Å². The van der Waals surface area contributed by atoms with Crippen LogP contribution in [0.1, 0.15) is 101 Å². The maximum atomic E-state index is 12.4. The number of ketones is 1. The van der Waals surface area contributed by atoms with Gasteiger partial charge >= 0.3 is 0 Å². The van der Waals surface area contributed by atoms with Gasteiger partial charge in [0, 0.05) is 11.5 Å². The molecule has 1 N–H and O–H groups in total. The average molecular weight is 373 g/mol. The number of carbonyl (C=O) groups is 1. The Kier molecular flexibility index (Phi) is 5.61. The summed E-state index contributed by atoms with van der Waals surface area (Å²) < 4.78 is 6.59. The van der Waals surface area contributed by atoms with Crippen LogP contribution in [0.25, 0.3) is 0 Å². The zero-order valence-electron chi connectivity index (χ0n) is 17.9. The highest BCUT2D eigenvalue weighted by Gasteiger charge is 2.54. The molecular weight excluding hydrogens is 336 g/mol. The van der Waals surface area contributed by atoms with E-state index in [2.05, 4.69) is 40.7 Å². The number of Topliss-reactive ketones (excluding diaryl/α,β-unsaturated/α-hetero) is 1. The van der Waals surface area contributed by atoms with E-state index in [0.717, 1.165) is 49.0 Å². The highest BCUT2D eigenvalue weighted by molar-refractivity contribution is 5.99. The van der Waals surface area contributed by atoms with Crippen LogP contribution in [-0.2, 0) is 6.42 Å². The van der Waals surface area contributed by atoms with Gasteiger partial charge in [-0.15, -0.1) is 0 Å². The number of rotatable bonds is 6. The number of fused-ring (bicyclic) bond motifs is 2. The molecule has 2 aliphatic rings. The predicted molar refractivity (Wildman–Crippen MR) is 110 cm³/mol. The summed E-state index contributed by atoms with van der Waals surface area (Å²) in [6.07, 6.45) is 6.33. The molecule has 1 saturated carbocycles. The monoisotopic (exact) mass is 372 g/mol. The molecule has 1 aromatic carbocycles. The number of unbranched alkanes of at least 4 members (excludes halogenated alkanes) is 2. The largest absolute Gasteiger partial charge is 0.507 e. The molecule has 0 aromatic heterocycles. The van der Waals surface area contributed by atoms with Crippen LogP contribution in [0.5, 0.6) is 11.5 Å². The van der Waals surface area contributed by atoms with E-state index >= 15 is 0 Å². The second-order valence-electron chi connectivity index (χ2n) is 9.36. The highest BCUT2D eigenvalue weighted by Crippen LogP contribution is 2.59. The summed E-state index contributed by atoms with van der Waals surface area (Å²) in [7, 11) is 0. The van der Waals surface area contributed by atoms with E-state index in [1.807, 2.05) is 0 Å². The van der Waals surface area contributed by atoms with E-state index in [-0.39, 0.29) is 23.1 Å². The molecule has 27 heavy (non-hydrogen) atoms. The third kappa shape index (κ3) is 3.39. The average Bonchev–Trinajstić information content (AvgIpc) is 2.92. The van der Waals surface area contributed by atoms with Crippen LogP contribution < -0.4 is 4.74 Å². The first-order valence-corrected chi connectivity index (χ1v) is 10.8. The predicted octanol–water partition coefficient (Wildman–Crippen LogP) is 6.26. The first-order valence-electron chi connectivity index (χ1n) is 10.8. The molecule has 0 saturated heterocycles. The number of aryl methyl sites for hydroxylation is 1. The number of phenolic OH excluding ortho intramolecular Hbond substituents is 1. The van der Waals surface area contributed by atoms with E-state index in [0.29, 0.717) is 23.3 Å². The van der Waals surface area contributed by atoms with Gasteiger partial charge in [-0.1, -0.05) is 40.5 Å². The van der Waals surface area contributed by atoms with Crippen molar-refractivity contribution in [2.24, 2.45) is 17.8 Å². The molecule has 3 rings (SSSR count). The maximum absolute atomic E-state index is 12.4. The topological polar surface area (TPSA) is 46.5 Å². The summed E-state index contributed by atoms with van der Waals surface area (Å²) in [6.45, 7) is 12.8. The van der Waals surface area contributed by atoms with E-state index in [1.165, 1.54) is 6.42 Å². The zero-order valence-corrected chi connectivity index (χ0v) is 17.9. The Balaban J connectivity index is 2.09. The molecule has 0 amide bonds. The van der Waals surface area contributed by atoms with Crippen molar-refractivity contribution in [3.63, 3.8) is 0 Å². The van der Waals surface area contributed by atoms with Crippen LogP contribution in [-0.4, -0.2) is 16.5 Å². The fraction of sp³-hybridized carbons (Fsp3) is 0.708. The van der Waals surface area contributed by atoms with Crippen molar-refractivity contribution in [1.82, 2.24) is 0 Å². The fourth-order valence-electron chi connectivity index (χ4n) is 5.84. The normalized spacial score (nSPS) is 29.4. The molecular formula is C24H36O3. The Hall–Kier alpha value is -1.51. The van der Waals surface area contributed by atoms with Gasteiger partial charge in [-0.2, -0.15) is 0 Å². The Labute approximate surface area is 164 Å². The molecule has 1 unspecified atom stereocenters. The fourth-order valence-corrected chi connectivity index (χ4v) is 5.84. The van der Waals surface area contributed by atoms with Crippen molar-refractivity contribution in [3.8, 4) is 11.5 Å². The molecule has 1 aromatic rings. The van der Waals surface area contributed by atoms with Gasteiger partial charge in [0.1, 0.15) is 17.1 Å². The third-order valence-electron chi connectivity index (χ3n) is 7.12. The smallest absolute Gasteiger partial charge is 0.163 e. The summed E-state index contributed by atoms with van der Waals surface area (Å²) in [5.41, 5.74) is 2.14. The lowest BCUT2D eigenvalue weighted by atomic mass is 9.69. The first-order chi connectivity index (χ1) is 12.7. The number of ether oxygens (including phenoxy) is 1. The van der Waals surface area contributed by atoms with Crippen LogP contribution in [0.15, 0.2) is 6.07 Å². The maximum Gasteiger partial charge on any atom is 0.163 e. The summed E-state index contributed by atoms with van der Waals surface area (Å²) >= 11 is 0. The van der Waals surface area contributed by atoms with Gasteiger partial charge in [-0.05, 0) is 68.9 Å². The van der Waals surface area contributed by atoms with Crippen molar-refractivity contribution in [2.45, 2.75) is 91.6 Å². The number of aromatic hydroxyl groups is 1. The number of benzene rings is 1. The Morgan fingerprint density at radius 1 is 1.37 bits per heavy atom. The molecule has 1 aliphatic heterocycles. The molecule has 0 spiro atoms. The first kappa shape index (κ1) is 20.2. The van der Waals surface area contributed by atoms with Gasteiger partial charge in [0.15, 0.2) is 5.78 Å². The van der Waals surface area contributed by atoms with E-state index in [1.54, 1.807) is 6.92 Å². The molecule has 1 aliphatic carbocycles. The van der Waals surface area contributed by atoms with Crippen molar-refractivity contribution in [2.75, 3.05) is 0 Å². The quantitative estimate of drug-likeness (QED) is 0.473. The minimum absolute atomic E-state index is 0.0471. The minimum atomic E-state index is -0.174.